The molecule has 1 amide bonds. The summed E-state index contributed by atoms with van der Waals surface area (Å²) in [6.07, 6.45) is 0. The summed E-state index contributed by atoms with van der Waals surface area (Å²) in [4.78, 5) is 11.4. The predicted octanol–water partition coefficient (Wildman–Crippen LogP) is 1.05. The normalized spacial score (nSPS) is 12.4. The van der Waals surface area contributed by atoms with Crippen LogP contribution in [0.3, 0.4) is 0 Å². The Hall–Kier alpha value is -1.73. The molecule has 1 aromatic carbocycles. The van der Waals surface area contributed by atoms with Gasteiger partial charge in [-0.3, -0.25) is 10.1 Å². The Morgan fingerprint density at radius 2 is 2.11 bits per heavy atom. The maximum absolute atomic E-state index is 12.3. The van der Waals surface area contributed by atoms with Crippen LogP contribution < -0.4 is 15.8 Å². The van der Waals surface area contributed by atoms with Gasteiger partial charge in [0, 0.05) is 19.2 Å². The summed E-state index contributed by atoms with van der Waals surface area (Å²) in [5, 5.41) is 2.83. The molecule has 5 nitrogen and oxygen atoms in total. The molecule has 0 heterocycles. The summed E-state index contributed by atoms with van der Waals surface area (Å²) in [6, 6.07) is 5.10. The number of hydrogen-bond acceptors (Lipinski definition) is 4. The van der Waals surface area contributed by atoms with Gasteiger partial charge in [0.2, 0.25) is 5.91 Å². The van der Waals surface area contributed by atoms with Gasteiger partial charge in [-0.1, -0.05) is 18.2 Å². The van der Waals surface area contributed by atoms with Crippen LogP contribution in [0.2, 0.25) is 0 Å². The van der Waals surface area contributed by atoms with Gasteiger partial charge in [0.05, 0.1) is 6.61 Å². The number of carbonyl (C=O) groups is 1. The van der Waals surface area contributed by atoms with E-state index < -0.39 is 18.6 Å². The highest BCUT2D eigenvalue weighted by atomic mass is 19.3. The fourth-order valence-corrected chi connectivity index (χ4v) is 1.59. The van der Waals surface area contributed by atoms with Crippen molar-refractivity contribution in [3.63, 3.8) is 0 Å². The zero-order chi connectivity index (χ0) is 14.3. The topological polar surface area (TPSA) is 73.6 Å². The van der Waals surface area contributed by atoms with Gasteiger partial charge < -0.3 is 15.2 Å². The SMILES string of the molecule is COCCNC(C(N)=O)c1ccccc1OC(F)F. The number of ether oxygens (including phenoxy) is 2. The molecule has 7 heteroatoms. The third-order valence-electron chi connectivity index (χ3n) is 2.39. The Morgan fingerprint density at radius 1 is 1.42 bits per heavy atom. The Kier molecular flexibility index (Phi) is 6.17. The number of halogens is 2. The minimum atomic E-state index is -2.96. The van der Waals surface area contributed by atoms with E-state index in [1.165, 1.54) is 25.3 Å². The summed E-state index contributed by atoms with van der Waals surface area (Å²) in [5.74, 6) is -0.757. The highest BCUT2D eigenvalue weighted by Crippen LogP contribution is 2.26. The summed E-state index contributed by atoms with van der Waals surface area (Å²) >= 11 is 0. The fraction of sp³-hybridized carbons (Fsp3) is 0.417. The highest BCUT2D eigenvalue weighted by Gasteiger charge is 2.22. The number of alkyl halides is 2. The highest BCUT2D eigenvalue weighted by molar-refractivity contribution is 5.82. The van der Waals surface area contributed by atoms with Gasteiger partial charge in [0.1, 0.15) is 11.8 Å². The van der Waals surface area contributed by atoms with Gasteiger partial charge in [-0.2, -0.15) is 8.78 Å². The van der Waals surface area contributed by atoms with Crippen LogP contribution in [0, 0.1) is 0 Å². The Morgan fingerprint density at radius 3 is 2.68 bits per heavy atom. The van der Waals surface area contributed by atoms with Crippen molar-refractivity contribution in [3.05, 3.63) is 29.8 Å². The summed E-state index contributed by atoms with van der Waals surface area (Å²) in [7, 11) is 1.51. The number of nitrogens with two attached hydrogens (primary N) is 1. The van der Waals surface area contributed by atoms with Crippen molar-refractivity contribution in [2.45, 2.75) is 12.7 Å². The Labute approximate surface area is 109 Å². The molecule has 0 aromatic heterocycles. The lowest BCUT2D eigenvalue weighted by Gasteiger charge is -2.18. The predicted molar refractivity (Wildman–Crippen MR) is 64.9 cm³/mol. The molecule has 0 spiro atoms. The first kappa shape index (κ1) is 15.3. The summed E-state index contributed by atoms with van der Waals surface area (Å²) in [6.45, 7) is -2.25. The number of amides is 1. The van der Waals surface area contributed by atoms with E-state index in [2.05, 4.69) is 10.1 Å². The first-order valence-electron chi connectivity index (χ1n) is 5.61. The molecule has 1 rings (SSSR count). The maximum Gasteiger partial charge on any atom is 0.387 e. The van der Waals surface area contributed by atoms with Gasteiger partial charge in [-0.05, 0) is 6.07 Å². The molecule has 3 N–H and O–H groups in total. The van der Waals surface area contributed by atoms with Crippen LogP contribution in [0.15, 0.2) is 24.3 Å². The van der Waals surface area contributed by atoms with Crippen molar-refractivity contribution in [3.8, 4) is 5.75 Å². The summed E-state index contributed by atoms with van der Waals surface area (Å²) < 4.78 is 33.8. The van der Waals surface area contributed by atoms with E-state index in [4.69, 9.17) is 10.5 Å². The number of nitrogens with one attached hydrogen (secondary N) is 1. The van der Waals surface area contributed by atoms with E-state index in [9.17, 15) is 13.6 Å². The van der Waals surface area contributed by atoms with E-state index in [0.29, 0.717) is 13.2 Å². The van der Waals surface area contributed by atoms with Crippen molar-refractivity contribution in [2.24, 2.45) is 5.73 Å². The monoisotopic (exact) mass is 274 g/mol. The summed E-state index contributed by atoms with van der Waals surface area (Å²) in [5.41, 5.74) is 5.54. The lowest BCUT2D eigenvalue weighted by atomic mass is 10.1. The smallest absolute Gasteiger partial charge is 0.387 e. The fourth-order valence-electron chi connectivity index (χ4n) is 1.59. The van der Waals surface area contributed by atoms with Gasteiger partial charge in [-0.15, -0.1) is 0 Å². The number of primary amides is 1. The second-order valence-corrected chi connectivity index (χ2v) is 3.70. The molecule has 1 atom stereocenters. The maximum atomic E-state index is 12.3. The van der Waals surface area contributed by atoms with Crippen LogP contribution in [0.25, 0.3) is 0 Å². The molecule has 1 unspecified atom stereocenters. The number of rotatable bonds is 8. The first-order chi connectivity index (χ1) is 9.06. The molecule has 0 aliphatic heterocycles. The first-order valence-corrected chi connectivity index (χ1v) is 5.61. The Bertz CT molecular complexity index is 416. The average molecular weight is 274 g/mol. The van der Waals surface area contributed by atoms with Gasteiger partial charge >= 0.3 is 6.61 Å². The molecular formula is C12H16F2N2O3. The van der Waals surface area contributed by atoms with E-state index in [0.717, 1.165) is 0 Å². The average Bonchev–Trinajstić information content (AvgIpc) is 2.35. The lowest BCUT2D eigenvalue weighted by molar-refractivity contribution is -0.120. The van der Waals surface area contributed by atoms with Crippen molar-refractivity contribution in [1.82, 2.24) is 5.32 Å². The molecule has 0 saturated carbocycles. The van der Waals surface area contributed by atoms with Crippen LogP contribution in [0.1, 0.15) is 11.6 Å². The molecule has 0 bridgehead atoms. The van der Waals surface area contributed by atoms with Gasteiger partial charge in [-0.25, -0.2) is 0 Å². The standard InChI is InChI=1S/C12H16F2N2O3/c1-18-7-6-16-10(11(15)17)8-4-2-3-5-9(8)19-12(13)14/h2-5,10,12,16H,6-7H2,1H3,(H2,15,17). The third kappa shape index (κ3) is 4.80. The van der Waals surface area contributed by atoms with Crippen LogP contribution in [-0.2, 0) is 9.53 Å². The lowest BCUT2D eigenvalue weighted by Crippen LogP contribution is -2.35. The van der Waals surface area contributed by atoms with E-state index in [1.54, 1.807) is 6.07 Å². The van der Waals surface area contributed by atoms with E-state index >= 15 is 0 Å². The Balaban J connectivity index is 2.91. The quantitative estimate of drug-likeness (QED) is 0.695. The largest absolute Gasteiger partial charge is 0.434 e. The molecule has 106 valence electrons. The van der Waals surface area contributed by atoms with Crippen molar-refractivity contribution in [1.29, 1.82) is 0 Å². The number of para-hydroxylation sites is 1. The number of hydrogen-bond donors (Lipinski definition) is 2. The number of carbonyl (C=O) groups excluding carboxylic acids is 1. The van der Waals surface area contributed by atoms with Crippen molar-refractivity contribution >= 4 is 5.91 Å². The van der Waals surface area contributed by atoms with Crippen molar-refractivity contribution < 1.29 is 23.0 Å². The minimum absolute atomic E-state index is 0.0776. The van der Waals surface area contributed by atoms with Crippen LogP contribution in [0.4, 0.5) is 8.78 Å². The van der Waals surface area contributed by atoms with Gasteiger partial charge in [0.25, 0.3) is 0 Å². The number of benzene rings is 1. The molecule has 0 aliphatic carbocycles. The molecule has 0 radical (unpaired) electrons. The molecule has 0 aliphatic rings. The zero-order valence-electron chi connectivity index (χ0n) is 10.4. The molecular weight excluding hydrogens is 258 g/mol. The molecule has 19 heavy (non-hydrogen) atoms. The van der Waals surface area contributed by atoms with Crippen molar-refractivity contribution in [2.75, 3.05) is 20.3 Å². The molecule has 0 fully saturated rings. The van der Waals surface area contributed by atoms with E-state index in [1.807, 2.05) is 0 Å². The van der Waals surface area contributed by atoms with Crippen LogP contribution in [-0.4, -0.2) is 32.8 Å². The molecule has 1 aromatic rings. The third-order valence-corrected chi connectivity index (χ3v) is 2.39. The van der Waals surface area contributed by atoms with Crippen LogP contribution in [0.5, 0.6) is 5.75 Å². The van der Waals surface area contributed by atoms with Gasteiger partial charge in [0.15, 0.2) is 0 Å². The zero-order valence-corrected chi connectivity index (χ0v) is 10.4. The second kappa shape index (κ2) is 7.65. The minimum Gasteiger partial charge on any atom is -0.434 e. The van der Waals surface area contributed by atoms with Crippen LogP contribution >= 0.6 is 0 Å². The molecule has 0 saturated heterocycles. The second-order valence-electron chi connectivity index (χ2n) is 3.70. The number of methoxy groups -OCH3 is 1. The van der Waals surface area contributed by atoms with E-state index in [-0.39, 0.29) is 11.3 Å².